The van der Waals surface area contributed by atoms with Gasteiger partial charge < -0.3 is 20.7 Å². The van der Waals surface area contributed by atoms with Crippen molar-refractivity contribution in [3.8, 4) is 5.75 Å². The molecular weight excluding hydrogens is 306 g/mol. The van der Waals surface area contributed by atoms with E-state index in [9.17, 15) is 4.79 Å². The lowest BCUT2D eigenvalue weighted by atomic mass is 10.1. The van der Waals surface area contributed by atoms with Crippen molar-refractivity contribution in [2.75, 3.05) is 12.8 Å². The molecule has 3 rings (SSSR count). The van der Waals surface area contributed by atoms with Gasteiger partial charge in [-0.2, -0.15) is 0 Å². The quantitative estimate of drug-likeness (QED) is 0.643. The van der Waals surface area contributed by atoms with Crippen LogP contribution in [-0.4, -0.2) is 23.3 Å². The standard InChI is InChI=1S/C11H11NO.C8H8O3/c1-13-11-4-2-3-8-7-9(12)5-6-10(8)11;9-7(8(10)11)6-4-2-1-3-5-6/h2-7H,12H2,1H3;1-5,7,9H,(H,10,11). The van der Waals surface area contributed by atoms with Crippen LogP contribution in [-0.2, 0) is 4.79 Å². The van der Waals surface area contributed by atoms with Crippen molar-refractivity contribution in [3.63, 3.8) is 0 Å². The molecule has 0 amide bonds. The molecule has 0 radical (unpaired) electrons. The van der Waals surface area contributed by atoms with Gasteiger partial charge in [0.1, 0.15) is 5.75 Å². The number of anilines is 1. The van der Waals surface area contributed by atoms with Gasteiger partial charge in [0, 0.05) is 11.1 Å². The summed E-state index contributed by atoms with van der Waals surface area (Å²) in [5, 5.41) is 19.6. The van der Waals surface area contributed by atoms with Crippen molar-refractivity contribution in [2.24, 2.45) is 0 Å². The maximum absolute atomic E-state index is 10.2. The Morgan fingerprint density at radius 1 is 1.04 bits per heavy atom. The predicted molar refractivity (Wildman–Crippen MR) is 94.0 cm³/mol. The highest BCUT2D eigenvalue weighted by molar-refractivity contribution is 5.90. The number of hydrogen-bond donors (Lipinski definition) is 3. The Hall–Kier alpha value is -3.05. The van der Waals surface area contributed by atoms with Crippen LogP contribution in [0.15, 0.2) is 66.7 Å². The summed E-state index contributed by atoms with van der Waals surface area (Å²) in [6, 6.07) is 20.0. The predicted octanol–water partition coefficient (Wildman–Crippen LogP) is 3.24. The van der Waals surface area contributed by atoms with Gasteiger partial charge in [-0.15, -0.1) is 0 Å². The molecule has 3 aromatic rings. The van der Waals surface area contributed by atoms with Gasteiger partial charge in [-0.25, -0.2) is 4.79 Å². The van der Waals surface area contributed by atoms with Gasteiger partial charge in [-0.3, -0.25) is 0 Å². The normalized spacial score (nSPS) is 11.2. The number of nitrogen functional groups attached to an aromatic ring is 1. The van der Waals surface area contributed by atoms with Crippen LogP contribution in [0.4, 0.5) is 5.69 Å². The van der Waals surface area contributed by atoms with E-state index >= 15 is 0 Å². The Labute approximate surface area is 139 Å². The fourth-order valence-corrected chi connectivity index (χ4v) is 2.23. The highest BCUT2D eigenvalue weighted by Gasteiger charge is 2.14. The zero-order chi connectivity index (χ0) is 17.5. The minimum Gasteiger partial charge on any atom is -0.496 e. The summed E-state index contributed by atoms with van der Waals surface area (Å²) in [5.74, 6) is -0.339. The molecule has 0 aliphatic rings. The molecule has 0 saturated heterocycles. The summed E-state index contributed by atoms with van der Waals surface area (Å²) in [7, 11) is 1.67. The number of benzene rings is 3. The van der Waals surface area contributed by atoms with Gasteiger partial charge in [0.05, 0.1) is 7.11 Å². The highest BCUT2D eigenvalue weighted by atomic mass is 16.5. The first-order valence-corrected chi connectivity index (χ1v) is 7.31. The summed E-state index contributed by atoms with van der Waals surface area (Å²) < 4.78 is 5.23. The van der Waals surface area contributed by atoms with E-state index in [0.717, 1.165) is 22.2 Å². The van der Waals surface area contributed by atoms with Gasteiger partial charge in [0.25, 0.3) is 0 Å². The summed E-state index contributed by atoms with van der Waals surface area (Å²) in [6.45, 7) is 0. The lowest BCUT2D eigenvalue weighted by Crippen LogP contribution is -2.09. The lowest BCUT2D eigenvalue weighted by molar-refractivity contribution is -0.146. The molecule has 3 aromatic carbocycles. The molecule has 4 N–H and O–H groups in total. The average molecular weight is 325 g/mol. The smallest absolute Gasteiger partial charge is 0.337 e. The monoisotopic (exact) mass is 325 g/mol. The number of aliphatic hydroxyl groups excluding tert-OH is 1. The maximum atomic E-state index is 10.2. The van der Waals surface area contributed by atoms with Crippen molar-refractivity contribution >= 4 is 22.4 Å². The van der Waals surface area contributed by atoms with Crippen molar-refractivity contribution in [1.82, 2.24) is 0 Å². The number of rotatable bonds is 3. The van der Waals surface area contributed by atoms with Crippen LogP contribution in [0.3, 0.4) is 0 Å². The molecule has 0 aliphatic carbocycles. The summed E-state index contributed by atoms with van der Waals surface area (Å²) >= 11 is 0. The number of fused-ring (bicyclic) bond motifs is 1. The average Bonchev–Trinajstić information content (AvgIpc) is 2.61. The molecule has 0 spiro atoms. The number of ether oxygens (including phenoxy) is 1. The number of carbonyl (C=O) groups is 1. The molecule has 0 aromatic heterocycles. The fraction of sp³-hybridized carbons (Fsp3) is 0.105. The van der Waals surface area contributed by atoms with Crippen LogP contribution >= 0.6 is 0 Å². The topological polar surface area (TPSA) is 92.8 Å². The van der Waals surface area contributed by atoms with Crippen LogP contribution < -0.4 is 10.5 Å². The molecule has 124 valence electrons. The molecule has 0 aliphatic heterocycles. The molecule has 1 unspecified atom stereocenters. The second kappa shape index (κ2) is 7.99. The van der Waals surface area contributed by atoms with Gasteiger partial charge in [-0.05, 0) is 35.2 Å². The number of nitrogens with two attached hydrogens (primary N) is 1. The number of carboxylic acid groups (broad SMARTS) is 1. The largest absolute Gasteiger partial charge is 0.496 e. The minimum absolute atomic E-state index is 0.403. The van der Waals surface area contributed by atoms with Crippen LogP contribution in [0, 0.1) is 0 Å². The summed E-state index contributed by atoms with van der Waals surface area (Å²) in [4.78, 5) is 10.2. The van der Waals surface area contributed by atoms with E-state index in [1.807, 2.05) is 36.4 Å². The van der Waals surface area contributed by atoms with E-state index in [1.54, 1.807) is 37.4 Å². The van der Waals surface area contributed by atoms with Crippen LogP contribution in [0.1, 0.15) is 11.7 Å². The second-order valence-corrected chi connectivity index (χ2v) is 5.09. The Morgan fingerprint density at radius 2 is 1.75 bits per heavy atom. The summed E-state index contributed by atoms with van der Waals surface area (Å²) in [5.41, 5.74) is 6.86. The van der Waals surface area contributed by atoms with E-state index < -0.39 is 12.1 Å². The molecule has 24 heavy (non-hydrogen) atoms. The fourth-order valence-electron chi connectivity index (χ4n) is 2.23. The van der Waals surface area contributed by atoms with E-state index in [-0.39, 0.29) is 0 Å². The van der Waals surface area contributed by atoms with E-state index in [4.69, 9.17) is 20.7 Å². The van der Waals surface area contributed by atoms with Crippen molar-refractivity contribution in [2.45, 2.75) is 6.10 Å². The Bertz CT molecular complexity index is 818. The zero-order valence-corrected chi connectivity index (χ0v) is 13.2. The van der Waals surface area contributed by atoms with Gasteiger partial charge in [0.2, 0.25) is 0 Å². The molecule has 0 bridgehead atoms. The number of hydrogen-bond acceptors (Lipinski definition) is 4. The van der Waals surface area contributed by atoms with Gasteiger partial charge in [0.15, 0.2) is 6.10 Å². The van der Waals surface area contributed by atoms with E-state index in [2.05, 4.69) is 0 Å². The minimum atomic E-state index is -1.41. The summed E-state index contributed by atoms with van der Waals surface area (Å²) in [6.07, 6.45) is -1.41. The van der Waals surface area contributed by atoms with Crippen molar-refractivity contribution < 1.29 is 19.7 Å². The first-order valence-electron chi connectivity index (χ1n) is 7.31. The number of methoxy groups -OCH3 is 1. The van der Waals surface area contributed by atoms with Gasteiger partial charge >= 0.3 is 5.97 Å². The third-order valence-corrected chi connectivity index (χ3v) is 3.43. The molecule has 0 fully saturated rings. The third-order valence-electron chi connectivity index (χ3n) is 3.43. The number of carboxylic acids is 1. The second-order valence-electron chi connectivity index (χ2n) is 5.09. The first-order chi connectivity index (χ1) is 11.5. The number of aliphatic hydroxyl groups is 1. The zero-order valence-electron chi connectivity index (χ0n) is 13.2. The SMILES string of the molecule is COc1cccc2cc(N)ccc12.O=C(O)C(O)c1ccccc1. The van der Waals surface area contributed by atoms with Crippen LogP contribution in [0.5, 0.6) is 5.75 Å². The molecule has 5 nitrogen and oxygen atoms in total. The van der Waals surface area contributed by atoms with Crippen molar-refractivity contribution in [3.05, 3.63) is 72.3 Å². The third kappa shape index (κ3) is 4.24. The van der Waals surface area contributed by atoms with Crippen molar-refractivity contribution in [1.29, 1.82) is 0 Å². The molecular formula is C19H19NO4. The highest BCUT2D eigenvalue weighted by Crippen LogP contribution is 2.26. The van der Waals surface area contributed by atoms with Crippen LogP contribution in [0.2, 0.25) is 0 Å². The van der Waals surface area contributed by atoms with Gasteiger partial charge in [-0.1, -0.05) is 42.5 Å². The van der Waals surface area contributed by atoms with Crippen LogP contribution in [0.25, 0.3) is 10.8 Å². The molecule has 0 heterocycles. The number of aliphatic carboxylic acids is 1. The molecule has 0 saturated carbocycles. The van der Waals surface area contributed by atoms with E-state index in [0.29, 0.717) is 5.56 Å². The Morgan fingerprint density at radius 3 is 2.38 bits per heavy atom. The van der Waals surface area contributed by atoms with E-state index in [1.165, 1.54) is 0 Å². The Kier molecular flexibility index (Phi) is 5.76. The maximum Gasteiger partial charge on any atom is 0.337 e. The molecule has 1 atom stereocenters. The first kappa shape index (κ1) is 17.3. The molecule has 5 heteroatoms. The lowest BCUT2D eigenvalue weighted by Gasteiger charge is -2.04. The Balaban J connectivity index is 0.000000177.